The summed E-state index contributed by atoms with van der Waals surface area (Å²) in [7, 11) is 1.77. The van der Waals surface area contributed by atoms with Gasteiger partial charge in [-0.2, -0.15) is 10.5 Å². The fourth-order valence-electron chi connectivity index (χ4n) is 3.96. The standard InChI is InChI=1S/C8H15NO4.C7H13NO4/c1-5-6-7(11)8(4-10,12-5)3-9(2)13-6;1-4-5-6(10)7(3-9,11-4)2-8-12-5/h5-7,10-11H,3-4H2,1-2H3;4-6,8-10H,2-3H2,1H3. The van der Waals surface area contributed by atoms with Gasteiger partial charge in [0.15, 0.2) is 0 Å². The maximum Gasteiger partial charge on any atom is 0.135 e. The van der Waals surface area contributed by atoms with Crippen molar-refractivity contribution in [1.82, 2.24) is 10.5 Å². The summed E-state index contributed by atoms with van der Waals surface area (Å²) in [5, 5.41) is 39.4. The first-order chi connectivity index (χ1) is 11.8. The van der Waals surface area contributed by atoms with Crippen molar-refractivity contribution in [1.29, 1.82) is 0 Å². The highest BCUT2D eigenvalue weighted by Gasteiger charge is 2.58. The van der Waals surface area contributed by atoms with Crippen LogP contribution in [0.5, 0.6) is 0 Å². The van der Waals surface area contributed by atoms with Crippen molar-refractivity contribution in [3.05, 3.63) is 0 Å². The molecule has 25 heavy (non-hydrogen) atoms. The van der Waals surface area contributed by atoms with Gasteiger partial charge in [0, 0.05) is 7.05 Å². The average Bonchev–Trinajstić information content (AvgIpc) is 2.81. The SMILES string of the molecule is CC1OC2(CO)CN(C)OC1C2O.CC1OC2(CO)CNOC1C2O. The van der Waals surface area contributed by atoms with Gasteiger partial charge in [0.05, 0.1) is 38.5 Å². The summed E-state index contributed by atoms with van der Waals surface area (Å²) in [5.41, 5.74) is 0.945. The van der Waals surface area contributed by atoms with Gasteiger partial charge in [-0.1, -0.05) is 0 Å². The van der Waals surface area contributed by atoms with Crippen LogP contribution in [0.2, 0.25) is 0 Å². The Labute approximate surface area is 146 Å². The first kappa shape index (κ1) is 19.4. The highest BCUT2D eigenvalue weighted by Crippen LogP contribution is 2.37. The summed E-state index contributed by atoms with van der Waals surface area (Å²) in [6.07, 6.45) is -2.55. The van der Waals surface area contributed by atoms with Crippen LogP contribution < -0.4 is 5.48 Å². The van der Waals surface area contributed by atoms with E-state index in [1.165, 1.54) is 0 Å². The quantitative estimate of drug-likeness (QED) is 0.348. The molecule has 4 fully saturated rings. The van der Waals surface area contributed by atoms with Crippen LogP contribution in [0.15, 0.2) is 0 Å². The number of nitrogens with one attached hydrogen (secondary N) is 1. The molecule has 0 aromatic rings. The predicted molar refractivity (Wildman–Crippen MR) is 83.1 cm³/mol. The highest BCUT2D eigenvalue weighted by molar-refractivity contribution is 5.05. The van der Waals surface area contributed by atoms with Crippen molar-refractivity contribution in [2.45, 2.75) is 61.7 Å². The second-order valence-electron chi connectivity index (χ2n) is 7.24. The van der Waals surface area contributed by atoms with E-state index in [1.807, 2.05) is 13.8 Å². The van der Waals surface area contributed by atoms with Crippen molar-refractivity contribution < 1.29 is 39.6 Å². The number of hydrogen-bond acceptors (Lipinski definition) is 10. The number of rotatable bonds is 2. The second-order valence-corrected chi connectivity index (χ2v) is 7.24. The maximum atomic E-state index is 9.81. The molecule has 4 aliphatic heterocycles. The van der Waals surface area contributed by atoms with E-state index in [4.69, 9.17) is 24.3 Å². The Bertz CT molecular complexity index is 480. The van der Waals surface area contributed by atoms with E-state index >= 15 is 0 Å². The Hall–Kier alpha value is -0.400. The molecule has 10 nitrogen and oxygen atoms in total. The van der Waals surface area contributed by atoms with E-state index in [0.717, 1.165) is 0 Å². The molecule has 4 aliphatic rings. The van der Waals surface area contributed by atoms with Crippen LogP contribution in [-0.4, -0.2) is 107 Å². The number of aliphatic hydroxyl groups excluding tert-OH is 4. The second kappa shape index (κ2) is 6.97. The molecule has 0 radical (unpaired) electrons. The molecule has 4 heterocycles. The van der Waals surface area contributed by atoms with Gasteiger partial charge in [-0.3, -0.25) is 9.68 Å². The van der Waals surface area contributed by atoms with Crippen LogP contribution in [0, 0.1) is 0 Å². The molecule has 0 spiro atoms. The molecule has 8 unspecified atom stereocenters. The first-order valence-electron chi connectivity index (χ1n) is 8.48. The number of hydrogen-bond donors (Lipinski definition) is 5. The Balaban J connectivity index is 0.000000146. The molecule has 8 atom stereocenters. The van der Waals surface area contributed by atoms with Crippen LogP contribution in [0.3, 0.4) is 0 Å². The van der Waals surface area contributed by atoms with Gasteiger partial charge in [0.1, 0.15) is 35.6 Å². The number of aliphatic hydroxyl groups is 4. The zero-order chi connectivity index (χ0) is 18.4. The Morgan fingerprint density at radius 1 is 1.00 bits per heavy atom. The zero-order valence-corrected chi connectivity index (χ0v) is 14.7. The minimum atomic E-state index is -0.859. The third-order valence-corrected chi connectivity index (χ3v) is 5.39. The largest absolute Gasteiger partial charge is 0.393 e. The molecule has 4 saturated heterocycles. The first-order valence-corrected chi connectivity index (χ1v) is 8.48. The Kier molecular flexibility index (Phi) is 5.40. The molecule has 146 valence electrons. The number of likely N-dealkylation sites (N-methyl/N-ethyl adjacent to an activating group) is 1. The van der Waals surface area contributed by atoms with Crippen LogP contribution in [0.25, 0.3) is 0 Å². The van der Waals surface area contributed by atoms with E-state index in [-0.39, 0.29) is 37.6 Å². The molecular weight excluding hydrogens is 336 g/mol. The van der Waals surface area contributed by atoms with Crippen molar-refractivity contribution in [2.75, 3.05) is 33.4 Å². The molecular formula is C15H28N2O8. The number of ether oxygens (including phenoxy) is 2. The summed E-state index contributed by atoms with van der Waals surface area (Å²) in [6, 6.07) is 0. The van der Waals surface area contributed by atoms with E-state index in [1.54, 1.807) is 12.1 Å². The predicted octanol–water partition coefficient (Wildman–Crippen LogP) is -2.86. The molecule has 4 bridgehead atoms. The van der Waals surface area contributed by atoms with Gasteiger partial charge < -0.3 is 29.9 Å². The zero-order valence-electron chi connectivity index (χ0n) is 14.7. The van der Waals surface area contributed by atoms with Crippen molar-refractivity contribution in [2.24, 2.45) is 0 Å². The lowest BCUT2D eigenvalue weighted by atomic mass is 9.94. The summed E-state index contributed by atoms with van der Waals surface area (Å²) in [4.78, 5) is 10.5. The lowest BCUT2D eigenvalue weighted by Gasteiger charge is -2.38. The summed E-state index contributed by atoms with van der Waals surface area (Å²) in [6.45, 7) is 4.01. The van der Waals surface area contributed by atoms with Crippen LogP contribution >= 0.6 is 0 Å². The molecule has 10 heteroatoms. The lowest BCUT2D eigenvalue weighted by Crippen LogP contribution is -2.58. The maximum absolute atomic E-state index is 9.81. The molecule has 5 N–H and O–H groups in total. The van der Waals surface area contributed by atoms with Crippen molar-refractivity contribution in [3.63, 3.8) is 0 Å². The third kappa shape index (κ3) is 3.10. The van der Waals surface area contributed by atoms with Gasteiger partial charge in [-0.15, -0.1) is 0 Å². The number of hydroxylamine groups is 3. The molecule has 0 saturated carbocycles. The number of fused-ring (bicyclic) bond motifs is 4. The van der Waals surface area contributed by atoms with Gasteiger partial charge >= 0.3 is 0 Å². The highest BCUT2D eigenvalue weighted by atomic mass is 16.7. The molecule has 4 rings (SSSR count). The molecule has 0 aromatic carbocycles. The van der Waals surface area contributed by atoms with Crippen LogP contribution in [0.4, 0.5) is 0 Å². The molecule has 0 aromatic heterocycles. The smallest absolute Gasteiger partial charge is 0.135 e. The van der Waals surface area contributed by atoms with E-state index in [2.05, 4.69) is 5.48 Å². The van der Waals surface area contributed by atoms with E-state index in [0.29, 0.717) is 13.1 Å². The van der Waals surface area contributed by atoms with Crippen LogP contribution in [-0.2, 0) is 19.1 Å². The van der Waals surface area contributed by atoms with Gasteiger partial charge in [-0.05, 0) is 13.8 Å². The monoisotopic (exact) mass is 364 g/mol. The van der Waals surface area contributed by atoms with E-state index < -0.39 is 23.4 Å². The topological polar surface area (TPSA) is 133 Å². The fraction of sp³-hybridized carbons (Fsp3) is 1.00. The summed E-state index contributed by atoms with van der Waals surface area (Å²) < 4.78 is 11.0. The van der Waals surface area contributed by atoms with E-state index in [9.17, 15) is 15.3 Å². The van der Waals surface area contributed by atoms with Crippen molar-refractivity contribution in [3.8, 4) is 0 Å². The fourth-order valence-corrected chi connectivity index (χ4v) is 3.96. The average molecular weight is 364 g/mol. The Morgan fingerprint density at radius 2 is 1.56 bits per heavy atom. The van der Waals surface area contributed by atoms with Gasteiger partial charge in [0.25, 0.3) is 0 Å². The molecule has 0 amide bonds. The Morgan fingerprint density at radius 3 is 2.16 bits per heavy atom. The minimum absolute atomic E-state index is 0.174. The van der Waals surface area contributed by atoms with Crippen LogP contribution in [0.1, 0.15) is 13.8 Å². The summed E-state index contributed by atoms with van der Waals surface area (Å²) >= 11 is 0. The molecule has 0 aliphatic carbocycles. The van der Waals surface area contributed by atoms with Gasteiger partial charge in [-0.25, -0.2) is 0 Å². The third-order valence-electron chi connectivity index (χ3n) is 5.39. The normalized spacial score (nSPS) is 52.0. The minimum Gasteiger partial charge on any atom is -0.393 e. The lowest BCUT2D eigenvalue weighted by molar-refractivity contribution is -0.255. The van der Waals surface area contributed by atoms with Gasteiger partial charge in [0.2, 0.25) is 0 Å². The summed E-state index contributed by atoms with van der Waals surface area (Å²) in [5.74, 6) is 0. The van der Waals surface area contributed by atoms with Crippen molar-refractivity contribution >= 4 is 0 Å². The number of nitrogens with zero attached hydrogens (tertiary/aromatic N) is 1.